The van der Waals surface area contributed by atoms with Gasteiger partial charge >= 0.3 is 12.1 Å². The summed E-state index contributed by atoms with van der Waals surface area (Å²) in [6, 6.07) is 7.27. The Morgan fingerprint density at radius 3 is 2.29 bits per heavy atom. The lowest BCUT2D eigenvalue weighted by molar-refractivity contribution is -0.141. The summed E-state index contributed by atoms with van der Waals surface area (Å²) in [4.78, 5) is 35.0. The Balaban J connectivity index is 2.63. The van der Waals surface area contributed by atoms with Gasteiger partial charge in [0.2, 0.25) is 5.91 Å². The van der Waals surface area contributed by atoms with E-state index in [1.54, 1.807) is 6.92 Å². The minimum atomic E-state index is -1.14. The molecule has 0 radical (unpaired) electrons. The predicted molar refractivity (Wildman–Crippen MR) is 88.2 cm³/mol. The average Bonchev–Trinajstić information content (AvgIpc) is 2.57. The quantitative estimate of drug-likeness (QED) is 0.673. The number of carboxylic acid groups (broad SMARTS) is 1. The molecule has 1 rings (SSSR count). The minimum Gasteiger partial charge on any atom is -0.480 e. The third-order valence-corrected chi connectivity index (χ3v) is 3.71. The molecule has 0 bridgehead atoms. The number of ether oxygens (including phenoxy) is 1. The maximum Gasteiger partial charge on any atom is 0.408 e. The van der Waals surface area contributed by atoms with Crippen LogP contribution in [-0.2, 0) is 20.9 Å². The number of nitrogens with one attached hydrogen (secondary N) is 2. The van der Waals surface area contributed by atoms with E-state index >= 15 is 0 Å². The van der Waals surface area contributed by atoms with E-state index in [2.05, 4.69) is 10.6 Å². The highest BCUT2D eigenvalue weighted by Crippen LogP contribution is 2.09. The molecule has 3 atom stereocenters. The molecule has 24 heavy (non-hydrogen) atoms. The number of rotatable bonds is 8. The Bertz CT molecular complexity index is 561. The smallest absolute Gasteiger partial charge is 0.408 e. The van der Waals surface area contributed by atoms with Crippen LogP contribution >= 0.6 is 0 Å². The van der Waals surface area contributed by atoms with Crippen molar-refractivity contribution in [1.29, 1.82) is 0 Å². The van der Waals surface area contributed by atoms with Crippen LogP contribution in [-0.4, -0.2) is 35.2 Å². The molecular weight excluding hydrogens is 312 g/mol. The van der Waals surface area contributed by atoms with Crippen LogP contribution in [0.2, 0.25) is 0 Å². The topological polar surface area (TPSA) is 105 Å². The predicted octanol–water partition coefficient (Wildman–Crippen LogP) is 1.92. The molecule has 7 nitrogen and oxygen atoms in total. The monoisotopic (exact) mass is 336 g/mol. The van der Waals surface area contributed by atoms with Crippen LogP contribution in [0.5, 0.6) is 0 Å². The second-order valence-electron chi connectivity index (χ2n) is 5.64. The SMILES string of the molecule is CC[C@@H](C)[C@@H](NC(=O)OCc1ccccc1)C(=O)N[C@@H](C)C(=O)O. The number of amides is 2. The van der Waals surface area contributed by atoms with Gasteiger partial charge in [-0.2, -0.15) is 0 Å². The third-order valence-electron chi connectivity index (χ3n) is 3.71. The summed E-state index contributed by atoms with van der Waals surface area (Å²) in [5, 5.41) is 13.8. The highest BCUT2D eigenvalue weighted by molar-refractivity contribution is 5.89. The van der Waals surface area contributed by atoms with Crippen molar-refractivity contribution in [2.45, 2.75) is 45.9 Å². The molecule has 7 heteroatoms. The Morgan fingerprint density at radius 2 is 1.75 bits per heavy atom. The van der Waals surface area contributed by atoms with Gasteiger partial charge in [-0.1, -0.05) is 50.6 Å². The van der Waals surface area contributed by atoms with E-state index in [4.69, 9.17) is 9.84 Å². The molecule has 0 fully saturated rings. The molecular formula is C17H24N2O5. The molecule has 0 saturated heterocycles. The summed E-state index contributed by atoms with van der Waals surface area (Å²) in [5.74, 6) is -1.86. The van der Waals surface area contributed by atoms with E-state index < -0.39 is 30.1 Å². The van der Waals surface area contributed by atoms with Crippen molar-refractivity contribution in [2.24, 2.45) is 5.92 Å². The van der Waals surface area contributed by atoms with E-state index in [1.165, 1.54) is 6.92 Å². The number of aliphatic carboxylic acids is 1. The Labute approximate surface area is 141 Å². The standard InChI is InChI=1S/C17H24N2O5/c1-4-11(2)14(15(20)18-12(3)16(21)22)19-17(23)24-10-13-8-6-5-7-9-13/h5-9,11-12,14H,4,10H2,1-3H3,(H,18,20)(H,19,23)(H,21,22)/t11-,12+,14-/m1/s1. The van der Waals surface area contributed by atoms with Crippen molar-refractivity contribution in [2.75, 3.05) is 0 Å². The van der Waals surface area contributed by atoms with Crippen molar-refractivity contribution in [1.82, 2.24) is 10.6 Å². The third kappa shape index (κ3) is 6.28. The normalized spacial score (nSPS) is 14.1. The largest absolute Gasteiger partial charge is 0.480 e. The van der Waals surface area contributed by atoms with Crippen LogP contribution in [0, 0.1) is 5.92 Å². The summed E-state index contributed by atoms with van der Waals surface area (Å²) < 4.78 is 5.11. The second-order valence-corrected chi connectivity index (χ2v) is 5.64. The van der Waals surface area contributed by atoms with Gasteiger partial charge in [-0.05, 0) is 18.4 Å². The lowest BCUT2D eigenvalue weighted by Gasteiger charge is -2.24. The Morgan fingerprint density at radius 1 is 1.12 bits per heavy atom. The zero-order valence-corrected chi connectivity index (χ0v) is 14.1. The maximum absolute atomic E-state index is 12.2. The van der Waals surface area contributed by atoms with Gasteiger partial charge in [-0.15, -0.1) is 0 Å². The highest BCUT2D eigenvalue weighted by Gasteiger charge is 2.28. The van der Waals surface area contributed by atoms with E-state index in [0.717, 1.165) is 5.56 Å². The van der Waals surface area contributed by atoms with Crippen LogP contribution < -0.4 is 10.6 Å². The molecule has 0 aliphatic heterocycles. The number of alkyl carbamates (subject to hydrolysis) is 1. The zero-order chi connectivity index (χ0) is 18.1. The molecule has 132 valence electrons. The van der Waals surface area contributed by atoms with Crippen LogP contribution in [0.25, 0.3) is 0 Å². The molecule has 0 saturated carbocycles. The first-order valence-electron chi connectivity index (χ1n) is 7.85. The number of benzene rings is 1. The number of carbonyl (C=O) groups excluding carboxylic acids is 2. The molecule has 3 N–H and O–H groups in total. The summed E-state index contributed by atoms with van der Waals surface area (Å²) in [6.07, 6.45) is -0.0827. The maximum atomic E-state index is 12.2. The van der Waals surface area contributed by atoms with Crippen LogP contribution in [0.15, 0.2) is 30.3 Å². The van der Waals surface area contributed by atoms with E-state index in [-0.39, 0.29) is 12.5 Å². The fourth-order valence-electron chi connectivity index (χ4n) is 1.96. The number of hydrogen-bond acceptors (Lipinski definition) is 4. The summed E-state index contributed by atoms with van der Waals surface area (Å²) in [6.45, 7) is 5.13. The molecule has 0 unspecified atom stereocenters. The van der Waals surface area contributed by atoms with Crippen LogP contribution in [0.3, 0.4) is 0 Å². The van der Waals surface area contributed by atoms with Crippen molar-refractivity contribution < 1.29 is 24.2 Å². The molecule has 0 aromatic heterocycles. The van der Waals surface area contributed by atoms with E-state index in [1.807, 2.05) is 37.3 Å². The fourth-order valence-corrected chi connectivity index (χ4v) is 1.96. The summed E-state index contributed by atoms with van der Waals surface area (Å²) >= 11 is 0. The van der Waals surface area contributed by atoms with Crippen molar-refractivity contribution in [3.63, 3.8) is 0 Å². The Kier molecular flexibility index (Phi) is 7.74. The van der Waals surface area contributed by atoms with Gasteiger partial charge in [0.1, 0.15) is 18.7 Å². The molecule has 0 aliphatic carbocycles. The minimum absolute atomic E-state index is 0.0903. The van der Waals surface area contributed by atoms with Gasteiger partial charge < -0.3 is 20.5 Å². The number of hydrogen-bond donors (Lipinski definition) is 3. The van der Waals surface area contributed by atoms with Crippen molar-refractivity contribution >= 4 is 18.0 Å². The Hall–Kier alpha value is -2.57. The van der Waals surface area contributed by atoms with Crippen molar-refractivity contribution in [3.05, 3.63) is 35.9 Å². The summed E-state index contributed by atoms with van der Waals surface area (Å²) in [5.41, 5.74) is 0.830. The van der Waals surface area contributed by atoms with E-state index in [9.17, 15) is 14.4 Å². The lowest BCUT2D eigenvalue weighted by Crippen LogP contribution is -2.53. The second kappa shape index (κ2) is 9.54. The first-order chi connectivity index (χ1) is 11.3. The molecule has 1 aromatic rings. The van der Waals surface area contributed by atoms with Gasteiger partial charge in [0.25, 0.3) is 0 Å². The molecule has 0 heterocycles. The molecule has 0 aliphatic rings. The van der Waals surface area contributed by atoms with E-state index in [0.29, 0.717) is 6.42 Å². The molecule has 0 spiro atoms. The summed E-state index contributed by atoms with van der Waals surface area (Å²) in [7, 11) is 0. The molecule has 2 amide bonds. The van der Waals surface area contributed by atoms with Gasteiger partial charge in [0.05, 0.1) is 0 Å². The van der Waals surface area contributed by atoms with Crippen molar-refractivity contribution in [3.8, 4) is 0 Å². The van der Waals surface area contributed by atoms with Crippen LogP contribution in [0.4, 0.5) is 4.79 Å². The zero-order valence-electron chi connectivity index (χ0n) is 14.1. The van der Waals surface area contributed by atoms with Gasteiger partial charge in [-0.3, -0.25) is 9.59 Å². The first kappa shape index (κ1) is 19.5. The number of carbonyl (C=O) groups is 3. The molecule has 1 aromatic carbocycles. The van der Waals surface area contributed by atoms with Gasteiger partial charge in [0.15, 0.2) is 0 Å². The fraction of sp³-hybridized carbons (Fsp3) is 0.471. The van der Waals surface area contributed by atoms with Crippen LogP contribution in [0.1, 0.15) is 32.8 Å². The average molecular weight is 336 g/mol. The van der Waals surface area contributed by atoms with Gasteiger partial charge in [0, 0.05) is 0 Å². The van der Waals surface area contributed by atoms with Gasteiger partial charge in [-0.25, -0.2) is 4.79 Å². The lowest BCUT2D eigenvalue weighted by atomic mass is 9.98. The first-order valence-corrected chi connectivity index (χ1v) is 7.85. The highest BCUT2D eigenvalue weighted by atomic mass is 16.5. The number of carboxylic acids is 1.